The Morgan fingerprint density at radius 2 is 1.58 bits per heavy atom. The number of rotatable bonds is 6. The Kier molecular flexibility index (Phi) is 6.03. The van der Waals surface area contributed by atoms with Crippen LogP contribution in [0.3, 0.4) is 0 Å². The van der Waals surface area contributed by atoms with E-state index in [1.165, 1.54) is 13.3 Å². The largest absolute Gasteiger partial charge is 0.467 e. The number of methoxy groups -OCH3 is 1. The van der Waals surface area contributed by atoms with Crippen LogP contribution >= 0.6 is 0 Å². The zero-order valence-corrected chi connectivity index (χ0v) is 17.1. The number of esters is 1. The van der Waals surface area contributed by atoms with Crippen molar-refractivity contribution in [2.24, 2.45) is 0 Å². The van der Waals surface area contributed by atoms with Crippen LogP contribution in [0.25, 0.3) is 22.0 Å². The first kappa shape index (κ1) is 20.3. The Balaban J connectivity index is 1.50. The molecule has 0 aliphatic heterocycles. The van der Waals surface area contributed by atoms with Crippen LogP contribution < -0.4 is 5.32 Å². The summed E-state index contributed by atoms with van der Waals surface area (Å²) >= 11 is 0. The molecular formula is C26H22N2O3. The third-order valence-electron chi connectivity index (χ3n) is 5.14. The lowest BCUT2D eigenvalue weighted by Gasteiger charge is -2.17. The summed E-state index contributed by atoms with van der Waals surface area (Å²) in [5.74, 6) is -0.858. The number of fused-ring (bicyclic) bond motifs is 1. The average Bonchev–Trinajstić information content (AvgIpc) is 2.83. The molecule has 0 saturated carbocycles. The number of carbonyl (C=O) groups is 2. The molecule has 154 valence electrons. The van der Waals surface area contributed by atoms with Gasteiger partial charge in [-0.05, 0) is 28.8 Å². The molecule has 0 radical (unpaired) electrons. The minimum atomic E-state index is -0.799. The number of ether oxygens (including phenoxy) is 1. The second-order valence-corrected chi connectivity index (χ2v) is 7.23. The molecule has 5 heteroatoms. The summed E-state index contributed by atoms with van der Waals surface area (Å²) in [6.45, 7) is 0. The molecule has 0 bridgehead atoms. The number of amides is 1. The lowest BCUT2D eigenvalue weighted by atomic mass is 10.0. The number of para-hydroxylation sites is 1. The molecule has 4 rings (SSSR count). The molecule has 0 spiro atoms. The molecule has 0 aliphatic carbocycles. The highest BCUT2D eigenvalue weighted by Gasteiger charge is 2.23. The highest BCUT2D eigenvalue weighted by molar-refractivity contribution is 5.99. The molecule has 5 nitrogen and oxygen atoms in total. The van der Waals surface area contributed by atoms with Crippen molar-refractivity contribution in [3.05, 3.63) is 102 Å². The molecule has 0 fully saturated rings. The SMILES string of the molecule is COC(=O)[C@@H](Cc1ccc(-c2ccccc2)cc1)NC(=O)c1cnc2ccccc2c1. The minimum absolute atomic E-state index is 0.328. The summed E-state index contributed by atoms with van der Waals surface area (Å²) < 4.78 is 4.92. The van der Waals surface area contributed by atoms with Crippen molar-refractivity contribution in [1.82, 2.24) is 10.3 Å². The Morgan fingerprint density at radius 1 is 0.903 bits per heavy atom. The second kappa shape index (κ2) is 9.22. The van der Waals surface area contributed by atoms with Crippen LogP contribution in [0.2, 0.25) is 0 Å². The maximum atomic E-state index is 12.8. The van der Waals surface area contributed by atoms with E-state index in [0.717, 1.165) is 27.6 Å². The summed E-state index contributed by atoms with van der Waals surface area (Å²) in [7, 11) is 1.32. The predicted octanol–water partition coefficient (Wildman–Crippen LogP) is 4.42. The zero-order chi connectivity index (χ0) is 21.6. The van der Waals surface area contributed by atoms with Gasteiger partial charge in [0, 0.05) is 18.0 Å². The number of hydrogen-bond acceptors (Lipinski definition) is 4. The average molecular weight is 410 g/mol. The van der Waals surface area contributed by atoms with E-state index in [0.29, 0.717) is 12.0 Å². The van der Waals surface area contributed by atoms with Gasteiger partial charge in [0.25, 0.3) is 5.91 Å². The van der Waals surface area contributed by atoms with Crippen molar-refractivity contribution >= 4 is 22.8 Å². The van der Waals surface area contributed by atoms with E-state index >= 15 is 0 Å². The topological polar surface area (TPSA) is 68.3 Å². The first-order chi connectivity index (χ1) is 15.1. The first-order valence-electron chi connectivity index (χ1n) is 10.0. The first-order valence-corrected chi connectivity index (χ1v) is 10.0. The van der Waals surface area contributed by atoms with Gasteiger partial charge in [0.05, 0.1) is 18.2 Å². The van der Waals surface area contributed by atoms with Crippen molar-refractivity contribution in [2.75, 3.05) is 7.11 Å². The lowest BCUT2D eigenvalue weighted by molar-refractivity contribution is -0.142. The molecule has 0 unspecified atom stereocenters. The number of pyridine rings is 1. The number of nitrogens with zero attached hydrogens (tertiary/aromatic N) is 1. The summed E-state index contributed by atoms with van der Waals surface area (Å²) in [5, 5.41) is 3.65. The maximum absolute atomic E-state index is 12.8. The van der Waals surface area contributed by atoms with E-state index in [4.69, 9.17) is 4.74 Å². The third-order valence-corrected chi connectivity index (χ3v) is 5.14. The van der Waals surface area contributed by atoms with Gasteiger partial charge in [-0.15, -0.1) is 0 Å². The van der Waals surface area contributed by atoms with Gasteiger partial charge in [-0.25, -0.2) is 4.79 Å². The number of carbonyl (C=O) groups excluding carboxylic acids is 2. The van der Waals surface area contributed by atoms with Gasteiger partial charge in [0.15, 0.2) is 0 Å². The Labute approximate surface area is 180 Å². The fourth-order valence-electron chi connectivity index (χ4n) is 3.47. The Morgan fingerprint density at radius 3 is 2.32 bits per heavy atom. The Bertz CT molecular complexity index is 1200. The second-order valence-electron chi connectivity index (χ2n) is 7.23. The molecule has 4 aromatic rings. The lowest BCUT2D eigenvalue weighted by Crippen LogP contribution is -2.43. The van der Waals surface area contributed by atoms with Crippen LogP contribution in [0, 0.1) is 0 Å². The van der Waals surface area contributed by atoms with Gasteiger partial charge >= 0.3 is 5.97 Å². The van der Waals surface area contributed by atoms with Crippen molar-refractivity contribution < 1.29 is 14.3 Å². The van der Waals surface area contributed by atoms with Crippen LogP contribution in [-0.4, -0.2) is 30.0 Å². The van der Waals surface area contributed by atoms with Gasteiger partial charge in [0.2, 0.25) is 0 Å². The quantitative estimate of drug-likeness (QED) is 0.478. The van der Waals surface area contributed by atoms with Gasteiger partial charge in [-0.3, -0.25) is 9.78 Å². The number of benzene rings is 3. The fourth-order valence-corrected chi connectivity index (χ4v) is 3.47. The number of hydrogen-bond donors (Lipinski definition) is 1. The summed E-state index contributed by atoms with van der Waals surface area (Å²) in [5.41, 5.74) is 4.34. The number of nitrogens with one attached hydrogen (secondary N) is 1. The van der Waals surface area contributed by atoms with Crippen LogP contribution in [-0.2, 0) is 16.0 Å². The molecule has 0 saturated heterocycles. The zero-order valence-electron chi connectivity index (χ0n) is 17.1. The maximum Gasteiger partial charge on any atom is 0.328 e. The summed E-state index contributed by atoms with van der Waals surface area (Å²) in [6.07, 6.45) is 1.84. The smallest absolute Gasteiger partial charge is 0.328 e. The standard InChI is InChI=1S/C26H22N2O3/c1-31-26(30)24(15-18-11-13-20(14-12-18)19-7-3-2-4-8-19)28-25(29)22-16-21-9-5-6-10-23(21)27-17-22/h2-14,16-17,24H,15H2,1H3,(H,28,29)/t24-/m1/s1. The summed E-state index contributed by atoms with van der Waals surface area (Å²) in [4.78, 5) is 29.4. The van der Waals surface area contributed by atoms with Gasteiger partial charge < -0.3 is 10.1 Å². The highest BCUT2D eigenvalue weighted by atomic mass is 16.5. The molecule has 31 heavy (non-hydrogen) atoms. The molecule has 1 heterocycles. The van der Waals surface area contributed by atoms with E-state index in [2.05, 4.69) is 10.3 Å². The van der Waals surface area contributed by atoms with Crippen molar-refractivity contribution in [3.63, 3.8) is 0 Å². The van der Waals surface area contributed by atoms with Crippen LogP contribution in [0.4, 0.5) is 0 Å². The highest BCUT2D eigenvalue weighted by Crippen LogP contribution is 2.20. The Hall–Kier alpha value is -3.99. The van der Waals surface area contributed by atoms with Gasteiger partial charge in [-0.2, -0.15) is 0 Å². The molecular weight excluding hydrogens is 388 g/mol. The molecule has 1 amide bonds. The number of aromatic nitrogens is 1. The van der Waals surface area contributed by atoms with E-state index in [-0.39, 0.29) is 5.91 Å². The fraction of sp³-hybridized carbons (Fsp3) is 0.115. The van der Waals surface area contributed by atoms with Gasteiger partial charge in [-0.1, -0.05) is 72.8 Å². The van der Waals surface area contributed by atoms with Crippen molar-refractivity contribution in [3.8, 4) is 11.1 Å². The third kappa shape index (κ3) is 4.78. The van der Waals surface area contributed by atoms with E-state index in [9.17, 15) is 9.59 Å². The molecule has 3 aromatic carbocycles. The van der Waals surface area contributed by atoms with Crippen molar-refractivity contribution in [1.29, 1.82) is 0 Å². The van der Waals surface area contributed by atoms with Crippen LogP contribution in [0.15, 0.2) is 91.1 Å². The van der Waals surface area contributed by atoms with E-state index in [1.54, 1.807) is 6.07 Å². The molecule has 1 atom stereocenters. The van der Waals surface area contributed by atoms with Crippen LogP contribution in [0.5, 0.6) is 0 Å². The van der Waals surface area contributed by atoms with Crippen LogP contribution in [0.1, 0.15) is 15.9 Å². The van der Waals surface area contributed by atoms with E-state index < -0.39 is 12.0 Å². The summed E-state index contributed by atoms with van der Waals surface area (Å²) in [6, 6.07) is 26.5. The van der Waals surface area contributed by atoms with Gasteiger partial charge in [0.1, 0.15) is 6.04 Å². The molecule has 1 aromatic heterocycles. The van der Waals surface area contributed by atoms with Crippen molar-refractivity contribution in [2.45, 2.75) is 12.5 Å². The van der Waals surface area contributed by atoms with E-state index in [1.807, 2.05) is 78.9 Å². The normalized spacial score (nSPS) is 11.6. The minimum Gasteiger partial charge on any atom is -0.467 e. The predicted molar refractivity (Wildman–Crippen MR) is 121 cm³/mol. The molecule has 1 N–H and O–H groups in total. The monoisotopic (exact) mass is 410 g/mol. The molecule has 0 aliphatic rings.